The van der Waals surface area contributed by atoms with E-state index in [1.165, 1.54) is 24.9 Å². The smallest absolute Gasteiger partial charge is 0.194 e. The summed E-state index contributed by atoms with van der Waals surface area (Å²) in [5.74, 6) is 0.942. The summed E-state index contributed by atoms with van der Waals surface area (Å²) in [6.45, 7) is 7.63. The summed E-state index contributed by atoms with van der Waals surface area (Å²) in [6, 6.07) is 9.09. The molecule has 0 aliphatic carbocycles. The maximum Gasteiger partial charge on any atom is 0.194 e. The molecule has 2 aliphatic rings. The zero-order chi connectivity index (χ0) is 17.6. The van der Waals surface area contributed by atoms with Crippen LogP contribution in [-0.4, -0.2) is 67.7 Å². The first kappa shape index (κ1) is 21.9. The molecule has 0 saturated carbocycles. The van der Waals surface area contributed by atoms with Crippen LogP contribution in [0.15, 0.2) is 33.7 Å². The molecule has 0 amide bonds. The largest absolute Gasteiger partial charge is 0.373 e. The van der Waals surface area contributed by atoms with E-state index >= 15 is 0 Å². The van der Waals surface area contributed by atoms with Gasteiger partial charge in [0.25, 0.3) is 0 Å². The molecule has 7 heteroatoms. The van der Waals surface area contributed by atoms with Crippen LogP contribution < -0.4 is 5.32 Å². The second kappa shape index (κ2) is 10.8. The van der Waals surface area contributed by atoms with Crippen molar-refractivity contribution < 1.29 is 4.74 Å². The van der Waals surface area contributed by atoms with E-state index in [9.17, 15) is 0 Å². The highest BCUT2D eigenvalue weighted by Gasteiger charge is 2.32. The minimum Gasteiger partial charge on any atom is -0.373 e. The number of hydrogen-bond donors (Lipinski definition) is 1. The normalized spacial score (nSPS) is 23.3. The third-order valence-electron chi connectivity index (χ3n) is 4.94. The molecule has 3 rings (SSSR count). The number of aliphatic imine (C=N–C) groups is 1. The van der Waals surface area contributed by atoms with E-state index in [0.717, 1.165) is 43.2 Å². The van der Waals surface area contributed by atoms with Gasteiger partial charge in [-0.3, -0.25) is 9.89 Å². The van der Waals surface area contributed by atoms with Gasteiger partial charge in [-0.2, -0.15) is 0 Å². The van der Waals surface area contributed by atoms with Crippen molar-refractivity contribution in [3.8, 4) is 0 Å². The quantitative estimate of drug-likeness (QED) is 0.356. The third-order valence-corrected chi connectivity index (χ3v) is 5.46. The van der Waals surface area contributed by atoms with E-state index in [2.05, 4.69) is 69.3 Å². The Kier molecular flexibility index (Phi) is 9.12. The van der Waals surface area contributed by atoms with E-state index in [-0.39, 0.29) is 30.1 Å². The predicted molar refractivity (Wildman–Crippen MR) is 121 cm³/mol. The number of halogens is 2. The molecular weight excluding hydrogens is 507 g/mol. The van der Waals surface area contributed by atoms with Gasteiger partial charge in [-0.15, -0.1) is 24.0 Å². The van der Waals surface area contributed by atoms with Crippen molar-refractivity contribution in [1.82, 2.24) is 15.1 Å². The Morgan fingerprint density at radius 2 is 2.15 bits per heavy atom. The van der Waals surface area contributed by atoms with Gasteiger partial charge in [0.2, 0.25) is 0 Å². The average molecular weight is 537 g/mol. The van der Waals surface area contributed by atoms with Gasteiger partial charge < -0.3 is 15.0 Å². The van der Waals surface area contributed by atoms with Gasteiger partial charge in [0.1, 0.15) is 0 Å². The Bertz CT molecular complexity index is 583. The molecular formula is C19H30BrIN4O. The van der Waals surface area contributed by atoms with Crippen LogP contribution in [0.4, 0.5) is 0 Å². The lowest BCUT2D eigenvalue weighted by molar-refractivity contribution is -0.0432. The number of fused-ring (bicyclic) bond motifs is 1. The maximum absolute atomic E-state index is 6.03. The summed E-state index contributed by atoms with van der Waals surface area (Å²) in [5.41, 5.74) is 1.27. The molecule has 2 unspecified atom stereocenters. The molecule has 1 aromatic carbocycles. The van der Waals surface area contributed by atoms with Gasteiger partial charge in [-0.25, -0.2) is 0 Å². The van der Waals surface area contributed by atoms with Gasteiger partial charge in [-0.1, -0.05) is 28.1 Å². The average Bonchev–Trinajstić information content (AvgIpc) is 3.08. The fourth-order valence-corrected chi connectivity index (χ4v) is 3.86. The van der Waals surface area contributed by atoms with Crippen LogP contribution in [0.5, 0.6) is 0 Å². The fourth-order valence-electron chi connectivity index (χ4n) is 3.59. The highest BCUT2D eigenvalue weighted by Crippen LogP contribution is 2.22. The lowest BCUT2D eigenvalue weighted by Gasteiger charge is -2.34. The van der Waals surface area contributed by atoms with Crippen molar-refractivity contribution in [3.63, 3.8) is 0 Å². The van der Waals surface area contributed by atoms with E-state index in [1.54, 1.807) is 0 Å². The predicted octanol–water partition coefficient (Wildman–Crippen LogP) is 3.33. The Balaban J connectivity index is 0.00000243. The van der Waals surface area contributed by atoms with Crippen LogP contribution in [0.25, 0.3) is 0 Å². The van der Waals surface area contributed by atoms with Crippen LogP contribution >= 0.6 is 39.9 Å². The minimum atomic E-state index is 0. The molecule has 26 heavy (non-hydrogen) atoms. The van der Waals surface area contributed by atoms with Gasteiger partial charge >= 0.3 is 0 Å². The third kappa shape index (κ3) is 6.07. The van der Waals surface area contributed by atoms with E-state index < -0.39 is 0 Å². The molecule has 2 atom stereocenters. The molecule has 2 heterocycles. The van der Waals surface area contributed by atoms with Crippen LogP contribution in [-0.2, 0) is 11.3 Å². The molecule has 0 bridgehead atoms. The van der Waals surface area contributed by atoms with E-state index in [0.29, 0.717) is 6.04 Å². The topological polar surface area (TPSA) is 40.1 Å². The summed E-state index contributed by atoms with van der Waals surface area (Å²) >= 11 is 3.49. The number of rotatable bonds is 5. The van der Waals surface area contributed by atoms with Gasteiger partial charge in [-0.05, 0) is 44.0 Å². The maximum atomic E-state index is 6.03. The number of ether oxygens (including phenoxy) is 1. The lowest BCUT2D eigenvalue weighted by Crippen LogP contribution is -2.47. The summed E-state index contributed by atoms with van der Waals surface area (Å²) < 4.78 is 7.14. The van der Waals surface area contributed by atoms with Gasteiger partial charge in [0.05, 0.1) is 19.3 Å². The highest BCUT2D eigenvalue weighted by atomic mass is 127. The standard InChI is InChI=1S/C19H29BrN4O.HI/c1-3-21-19(23(2)12-15-6-8-16(20)9-7-15)22-11-18-13-24-10-4-5-17(24)14-25-18;/h6-9,17-18H,3-5,10-14H2,1-2H3,(H,21,22);1H. The van der Waals surface area contributed by atoms with E-state index in [1.807, 2.05) is 0 Å². The monoisotopic (exact) mass is 536 g/mol. The SMILES string of the molecule is CCNC(=NCC1CN2CCCC2CO1)N(C)Cc1ccc(Br)cc1.I. The molecule has 1 N–H and O–H groups in total. The van der Waals surface area contributed by atoms with Crippen LogP contribution in [0.3, 0.4) is 0 Å². The summed E-state index contributed by atoms with van der Waals surface area (Å²) in [6.07, 6.45) is 2.81. The van der Waals surface area contributed by atoms with Crippen molar-refractivity contribution >= 4 is 45.9 Å². The van der Waals surface area contributed by atoms with Crippen LogP contribution in [0.1, 0.15) is 25.3 Å². The molecule has 5 nitrogen and oxygen atoms in total. The summed E-state index contributed by atoms with van der Waals surface area (Å²) in [7, 11) is 2.09. The number of guanidine groups is 1. The Morgan fingerprint density at radius 3 is 2.88 bits per heavy atom. The first-order chi connectivity index (χ1) is 12.2. The molecule has 146 valence electrons. The second-order valence-electron chi connectivity index (χ2n) is 6.92. The number of morpholine rings is 1. The molecule has 0 radical (unpaired) electrons. The second-order valence-corrected chi connectivity index (χ2v) is 7.84. The van der Waals surface area contributed by atoms with Crippen LogP contribution in [0, 0.1) is 0 Å². The molecule has 1 aromatic rings. The van der Waals surface area contributed by atoms with Gasteiger partial charge in [0, 0.05) is 37.2 Å². The Morgan fingerprint density at radius 1 is 1.38 bits per heavy atom. The molecule has 2 saturated heterocycles. The zero-order valence-corrected chi connectivity index (χ0v) is 19.6. The molecule has 2 aliphatic heterocycles. The van der Waals surface area contributed by atoms with Crippen LogP contribution in [0.2, 0.25) is 0 Å². The number of benzene rings is 1. The van der Waals surface area contributed by atoms with E-state index in [4.69, 9.17) is 9.73 Å². The fraction of sp³-hybridized carbons (Fsp3) is 0.632. The Labute approximate surface area is 182 Å². The molecule has 2 fully saturated rings. The Hall–Kier alpha value is -0.380. The highest BCUT2D eigenvalue weighted by molar-refractivity contribution is 14.0. The van der Waals surface area contributed by atoms with Crippen molar-refractivity contribution in [2.24, 2.45) is 4.99 Å². The zero-order valence-electron chi connectivity index (χ0n) is 15.7. The van der Waals surface area contributed by atoms with Crippen molar-refractivity contribution in [2.75, 3.05) is 39.8 Å². The van der Waals surface area contributed by atoms with Crippen molar-refractivity contribution in [2.45, 2.75) is 38.5 Å². The summed E-state index contributed by atoms with van der Waals surface area (Å²) in [5, 5.41) is 3.40. The summed E-state index contributed by atoms with van der Waals surface area (Å²) in [4.78, 5) is 9.58. The molecule has 0 spiro atoms. The number of nitrogens with one attached hydrogen (secondary N) is 1. The number of hydrogen-bond acceptors (Lipinski definition) is 3. The van der Waals surface area contributed by atoms with Crippen molar-refractivity contribution in [3.05, 3.63) is 34.3 Å². The first-order valence-electron chi connectivity index (χ1n) is 9.25. The molecule has 0 aromatic heterocycles. The minimum absolute atomic E-state index is 0. The first-order valence-corrected chi connectivity index (χ1v) is 10.0. The van der Waals surface area contributed by atoms with Gasteiger partial charge in [0.15, 0.2) is 5.96 Å². The van der Waals surface area contributed by atoms with Crippen molar-refractivity contribution in [1.29, 1.82) is 0 Å². The lowest BCUT2D eigenvalue weighted by atomic mass is 10.2. The number of nitrogens with zero attached hydrogens (tertiary/aromatic N) is 3.